The molecule has 42 heavy (non-hydrogen) atoms. The number of sulfone groups is 1. The Hall–Kier alpha value is -3.03. The van der Waals surface area contributed by atoms with Gasteiger partial charge in [-0.05, 0) is 76.1 Å². The summed E-state index contributed by atoms with van der Waals surface area (Å²) in [4.78, 5) is 27.0. The molecule has 0 spiro atoms. The molecule has 9 nitrogen and oxygen atoms in total. The van der Waals surface area contributed by atoms with E-state index in [2.05, 4.69) is 15.4 Å². The highest BCUT2D eigenvalue weighted by Crippen LogP contribution is 2.30. The second-order valence-electron chi connectivity index (χ2n) is 10.9. The van der Waals surface area contributed by atoms with Crippen LogP contribution >= 0.6 is 11.6 Å². The van der Waals surface area contributed by atoms with Crippen molar-refractivity contribution in [2.24, 2.45) is 0 Å². The molecule has 0 radical (unpaired) electrons. The smallest absolute Gasteiger partial charge is 0.444 e. The molecule has 3 rings (SSSR count). The van der Waals surface area contributed by atoms with Gasteiger partial charge in [0, 0.05) is 41.8 Å². The Balaban J connectivity index is 1.75. The van der Waals surface area contributed by atoms with Gasteiger partial charge in [0.25, 0.3) is 5.91 Å². The zero-order valence-electron chi connectivity index (χ0n) is 23.8. The van der Waals surface area contributed by atoms with Gasteiger partial charge in [0.1, 0.15) is 11.4 Å². The molecule has 2 N–H and O–H groups in total. The fourth-order valence-corrected chi connectivity index (χ4v) is 5.81. The van der Waals surface area contributed by atoms with E-state index in [0.717, 1.165) is 6.07 Å². The van der Waals surface area contributed by atoms with Crippen molar-refractivity contribution in [2.75, 3.05) is 18.8 Å². The highest BCUT2D eigenvalue weighted by molar-refractivity contribution is 7.91. The van der Waals surface area contributed by atoms with Gasteiger partial charge >= 0.3 is 12.5 Å². The number of piperidine rings is 1. The minimum atomic E-state index is -5.00. The zero-order chi connectivity index (χ0) is 31.3. The van der Waals surface area contributed by atoms with Crippen molar-refractivity contribution >= 4 is 33.4 Å². The molecule has 1 heterocycles. The second-order valence-corrected chi connectivity index (χ2v) is 13.6. The van der Waals surface area contributed by atoms with Crippen molar-refractivity contribution in [2.45, 2.75) is 76.5 Å². The number of carbonyl (C=O) groups is 2. The van der Waals surface area contributed by atoms with E-state index in [1.165, 1.54) is 37.3 Å². The third-order valence-corrected chi connectivity index (χ3v) is 8.42. The van der Waals surface area contributed by atoms with Crippen LogP contribution in [-0.4, -0.2) is 62.2 Å². The van der Waals surface area contributed by atoms with E-state index in [4.69, 9.17) is 16.3 Å². The number of nitrogens with one attached hydrogen (secondary N) is 2. The molecule has 0 unspecified atom stereocenters. The SMILES string of the molecule is CCS(=O)(=O)c1ccc(Cl)cc1CNC(=O)c1ccc(CN2CCC[C@H](NC(=O)OC(C)(C)C)C2)c(OC(F)(F)F)c1. The number of likely N-dealkylation sites (tertiary alicyclic amines) is 1. The van der Waals surface area contributed by atoms with Crippen LogP contribution in [0, 0.1) is 0 Å². The standard InChI is InChI=1S/C28H35ClF3N3O6S/c1-5-42(38,39)24-11-10-21(29)13-20(24)15-33-25(36)18-8-9-19(23(14-18)40-28(30,31)32)16-35-12-6-7-22(17-35)34-26(37)41-27(2,3)4/h8-11,13-14,22H,5-7,12,15-17H2,1-4H3,(H,33,36)(H,34,37)/t22-/m0/s1. The maximum atomic E-state index is 13.3. The lowest BCUT2D eigenvalue weighted by Gasteiger charge is -2.34. The van der Waals surface area contributed by atoms with Crippen LogP contribution in [0.5, 0.6) is 5.75 Å². The predicted molar refractivity (Wildman–Crippen MR) is 151 cm³/mol. The first-order valence-corrected chi connectivity index (χ1v) is 15.4. The average Bonchev–Trinajstić information content (AvgIpc) is 2.86. The number of nitrogens with zero attached hydrogens (tertiary/aromatic N) is 1. The van der Waals surface area contributed by atoms with Crippen molar-refractivity contribution in [1.29, 1.82) is 0 Å². The van der Waals surface area contributed by atoms with Gasteiger partial charge in [0.15, 0.2) is 9.84 Å². The van der Waals surface area contributed by atoms with Gasteiger partial charge in [-0.1, -0.05) is 24.6 Å². The number of alkyl halides is 3. The molecule has 1 saturated heterocycles. The van der Waals surface area contributed by atoms with Gasteiger partial charge in [0.05, 0.1) is 10.6 Å². The van der Waals surface area contributed by atoms with Crippen molar-refractivity contribution in [1.82, 2.24) is 15.5 Å². The maximum absolute atomic E-state index is 13.3. The number of ether oxygens (including phenoxy) is 2. The van der Waals surface area contributed by atoms with Gasteiger partial charge in [0.2, 0.25) is 0 Å². The molecule has 2 amide bonds. The first-order chi connectivity index (χ1) is 19.5. The van der Waals surface area contributed by atoms with Gasteiger partial charge in [-0.2, -0.15) is 0 Å². The average molecular weight is 634 g/mol. The van der Waals surface area contributed by atoms with Crippen LogP contribution in [0.15, 0.2) is 41.3 Å². The van der Waals surface area contributed by atoms with E-state index < -0.39 is 39.6 Å². The molecular weight excluding hydrogens is 599 g/mol. The van der Waals surface area contributed by atoms with Crippen molar-refractivity contribution in [3.05, 3.63) is 58.1 Å². The number of hydrogen-bond acceptors (Lipinski definition) is 7. The molecular formula is C28H35ClF3N3O6S. The number of alkyl carbamates (subject to hydrolysis) is 1. The minimum absolute atomic E-state index is 0.00661. The summed E-state index contributed by atoms with van der Waals surface area (Å²) in [5, 5.41) is 5.62. The van der Waals surface area contributed by atoms with Crippen molar-refractivity contribution < 1.29 is 40.7 Å². The molecule has 0 bridgehead atoms. The third kappa shape index (κ3) is 10.1. The van der Waals surface area contributed by atoms with E-state index in [1.54, 1.807) is 20.8 Å². The summed E-state index contributed by atoms with van der Waals surface area (Å²) < 4.78 is 74.4. The Morgan fingerprint density at radius 2 is 1.81 bits per heavy atom. The highest BCUT2D eigenvalue weighted by atomic mass is 35.5. The lowest BCUT2D eigenvalue weighted by molar-refractivity contribution is -0.275. The molecule has 1 atom stereocenters. The Bertz CT molecular complexity index is 1400. The van der Waals surface area contributed by atoms with Crippen molar-refractivity contribution in [3.63, 3.8) is 0 Å². The number of amides is 2. The summed E-state index contributed by atoms with van der Waals surface area (Å²) in [6.45, 7) is 7.56. The Kier molecular flexibility index (Phi) is 10.8. The molecule has 2 aromatic rings. The lowest BCUT2D eigenvalue weighted by atomic mass is 10.0. The van der Waals surface area contributed by atoms with Crippen LogP contribution < -0.4 is 15.4 Å². The zero-order valence-corrected chi connectivity index (χ0v) is 25.4. The Labute approximate surface area is 248 Å². The van der Waals surface area contributed by atoms with Crippen molar-refractivity contribution in [3.8, 4) is 5.75 Å². The Morgan fingerprint density at radius 3 is 2.45 bits per heavy atom. The first kappa shape index (κ1) is 33.5. The first-order valence-electron chi connectivity index (χ1n) is 13.4. The molecule has 1 aliphatic heterocycles. The quantitative estimate of drug-likeness (QED) is 0.377. The molecule has 14 heteroatoms. The number of rotatable bonds is 9. The van der Waals surface area contributed by atoms with Gasteiger partial charge in [-0.15, -0.1) is 13.2 Å². The number of carbonyl (C=O) groups excluding carboxylic acids is 2. The van der Waals surface area contributed by atoms with Gasteiger partial charge in [-0.3, -0.25) is 9.69 Å². The van der Waals surface area contributed by atoms with Crippen LogP contribution in [0.1, 0.15) is 62.0 Å². The second kappa shape index (κ2) is 13.5. The topological polar surface area (TPSA) is 114 Å². The normalized spacial score (nSPS) is 16.5. The maximum Gasteiger partial charge on any atom is 0.573 e. The highest BCUT2D eigenvalue weighted by Gasteiger charge is 2.33. The van der Waals surface area contributed by atoms with E-state index in [9.17, 15) is 31.2 Å². The fourth-order valence-electron chi connectivity index (χ4n) is 4.50. The van der Waals surface area contributed by atoms with Crippen LogP contribution in [0.4, 0.5) is 18.0 Å². The summed E-state index contributed by atoms with van der Waals surface area (Å²) in [5.74, 6) is -1.42. The van der Waals surface area contributed by atoms with Crippen LogP contribution in [0.3, 0.4) is 0 Å². The van der Waals surface area contributed by atoms with Gasteiger partial charge < -0.3 is 20.1 Å². The van der Waals surface area contributed by atoms with E-state index >= 15 is 0 Å². The summed E-state index contributed by atoms with van der Waals surface area (Å²) in [7, 11) is -3.61. The number of halogens is 4. The summed E-state index contributed by atoms with van der Waals surface area (Å²) >= 11 is 6.02. The van der Waals surface area contributed by atoms with Gasteiger partial charge in [-0.25, -0.2) is 13.2 Å². The van der Waals surface area contributed by atoms with E-state index in [1.807, 2.05) is 4.90 Å². The molecule has 0 saturated carbocycles. The lowest BCUT2D eigenvalue weighted by Crippen LogP contribution is -2.48. The largest absolute Gasteiger partial charge is 0.573 e. The fraction of sp³-hybridized carbons (Fsp3) is 0.500. The third-order valence-electron chi connectivity index (χ3n) is 6.35. The van der Waals surface area contributed by atoms with Crippen LogP contribution in [0.25, 0.3) is 0 Å². The van der Waals surface area contributed by atoms with E-state index in [0.29, 0.717) is 25.9 Å². The summed E-state index contributed by atoms with van der Waals surface area (Å²) in [6.07, 6.45) is -4.18. The number of benzene rings is 2. The molecule has 1 aliphatic rings. The molecule has 0 aliphatic carbocycles. The monoisotopic (exact) mass is 633 g/mol. The van der Waals surface area contributed by atoms with Crippen LogP contribution in [-0.2, 0) is 27.7 Å². The van der Waals surface area contributed by atoms with E-state index in [-0.39, 0.29) is 51.5 Å². The Morgan fingerprint density at radius 1 is 1.10 bits per heavy atom. The molecule has 232 valence electrons. The summed E-state index contributed by atoms with van der Waals surface area (Å²) in [6, 6.07) is 7.69. The minimum Gasteiger partial charge on any atom is -0.444 e. The van der Waals surface area contributed by atoms with Crippen LogP contribution in [0.2, 0.25) is 5.02 Å². The molecule has 0 aromatic heterocycles. The molecule has 1 fully saturated rings. The summed E-state index contributed by atoms with van der Waals surface area (Å²) in [5.41, 5.74) is -0.323. The molecule has 2 aromatic carbocycles. The predicted octanol–water partition coefficient (Wildman–Crippen LogP) is 5.45. The number of hydrogen-bond donors (Lipinski definition) is 2.